The van der Waals surface area contributed by atoms with Crippen LogP contribution in [-0.4, -0.2) is 105 Å². The van der Waals surface area contributed by atoms with Gasteiger partial charge in [-0.25, -0.2) is 4.79 Å². The molecule has 2 saturated heterocycles. The lowest BCUT2D eigenvalue weighted by molar-refractivity contribution is -0.136. The minimum absolute atomic E-state index is 0.0215. The van der Waals surface area contributed by atoms with E-state index in [4.69, 9.17) is 9.47 Å². The Morgan fingerprint density at radius 2 is 1.67 bits per heavy atom. The van der Waals surface area contributed by atoms with Crippen molar-refractivity contribution in [3.05, 3.63) is 0 Å². The van der Waals surface area contributed by atoms with E-state index >= 15 is 0 Å². The third kappa shape index (κ3) is 5.32. The van der Waals surface area contributed by atoms with Gasteiger partial charge in [0.2, 0.25) is 11.8 Å². The smallest absolute Gasteiger partial charge is 0.409 e. The molecule has 9 heteroatoms. The van der Waals surface area contributed by atoms with E-state index in [1.54, 1.807) is 16.7 Å². The maximum atomic E-state index is 12.6. The molecule has 152 valence electrons. The van der Waals surface area contributed by atoms with Crippen molar-refractivity contribution in [2.24, 2.45) is 11.8 Å². The van der Waals surface area contributed by atoms with Crippen LogP contribution in [0.4, 0.5) is 4.79 Å². The second kappa shape index (κ2) is 9.36. The fraction of sp³-hybridized carbons (Fsp3) is 0.833. The van der Waals surface area contributed by atoms with Crippen LogP contribution in [0.25, 0.3) is 0 Å². The first kappa shape index (κ1) is 19.9. The quantitative estimate of drug-likeness (QED) is 0.658. The summed E-state index contributed by atoms with van der Waals surface area (Å²) in [5.74, 6) is -0.397. The lowest BCUT2D eigenvalue weighted by Gasteiger charge is -2.34. The first-order chi connectivity index (χ1) is 13.1. The van der Waals surface area contributed by atoms with Crippen LogP contribution in [0.1, 0.15) is 13.3 Å². The second-order valence-corrected chi connectivity index (χ2v) is 7.20. The molecule has 2 aliphatic heterocycles. The Morgan fingerprint density at radius 3 is 2.33 bits per heavy atom. The van der Waals surface area contributed by atoms with Crippen LogP contribution in [-0.2, 0) is 19.1 Å². The summed E-state index contributed by atoms with van der Waals surface area (Å²) in [6.07, 6.45) is 0.300. The monoisotopic (exact) mass is 382 g/mol. The third-order valence-electron chi connectivity index (χ3n) is 5.39. The van der Waals surface area contributed by atoms with Crippen LogP contribution < -0.4 is 5.32 Å². The van der Waals surface area contributed by atoms with E-state index in [1.807, 2.05) is 0 Å². The van der Waals surface area contributed by atoms with Crippen molar-refractivity contribution in [1.29, 1.82) is 0 Å². The van der Waals surface area contributed by atoms with E-state index in [2.05, 4.69) is 10.2 Å². The van der Waals surface area contributed by atoms with Gasteiger partial charge in [-0.15, -0.1) is 0 Å². The number of morpholine rings is 1. The summed E-state index contributed by atoms with van der Waals surface area (Å²) < 4.78 is 10.3. The Morgan fingerprint density at radius 1 is 1.00 bits per heavy atom. The maximum Gasteiger partial charge on any atom is 0.409 e. The highest BCUT2D eigenvalue weighted by molar-refractivity contribution is 5.92. The van der Waals surface area contributed by atoms with Crippen LogP contribution in [0.3, 0.4) is 0 Å². The van der Waals surface area contributed by atoms with Crippen molar-refractivity contribution in [3.8, 4) is 0 Å². The highest BCUT2D eigenvalue weighted by atomic mass is 16.6. The molecule has 9 nitrogen and oxygen atoms in total. The zero-order valence-corrected chi connectivity index (χ0v) is 16.0. The lowest BCUT2D eigenvalue weighted by atomic mass is 10.2. The van der Waals surface area contributed by atoms with Crippen molar-refractivity contribution >= 4 is 17.9 Å². The predicted octanol–water partition coefficient (Wildman–Crippen LogP) is -0.628. The fourth-order valence-electron chi connectivity index (χ4n) is 3.61. The minimum Gasteiger partial charge on any atom is -0.450 e. The second-order valence-electron chi connectivity index (χ2n) is 7.20. The van der Waals surface area contributed by atoms with Crippen LogP contribution in [0, 0.1) is 11.8 Å². The summed E-state index contributed by atoms with van der Waals surface area (Å²) in [5, 5.41) is 2.95. The molecule has 0 aromatic rings. The first-order valence-electron chi connectivity index (χ1n) is 9.88. The predicted molar refractivity (Wildman–Crippen MR) is 97.0 cm³/mol. The minimum atomic E-state index is -0.325. The number of hydrogen-bond acceptors (Lipinski definition) is 6. The Hall–Kier alpha value is -1.87. The summed E-state index contributed by atoms with van der Waals surface area (Å²) in [6.45, 7) is 8.80. The molecule has 0 spiro atoms. The van der Waals surface area contributed by atoms with Gasteiger partial charge in [0.05, 0.1) is 31.7 Å². The molecule has 0 aromatic carbocycles. The summed E-state index contributed by atoms with van der Waals surface area (Å²) >= 11 is 0. The SMILES string of the molecule is CCOC(=O)N1CCN(C(=O)C2CC2C(=O)NCCN2CCOCC2)CC1. The molecule has 3 rings (SSSR count). The van der Waals surface area contributed by atoms with Crippen LogP contribution >= 0.6 is 0 Å². The molecule has 27 heavy (non-hydrogen) atoms. The van der Waals surface area contributed by atoms with E-state index in [0.717, 1.165) is 32.8 Å². The van der Waals surface area contributed by atoms with Crippen molar-refractivity contribution in [3.63, 3.8) is 0 Å². The van der Waals surface area contributed by atoms with Gasteiger partial charge in [-0.3, -0.25) is 14.5 Å². The molecule has 0 radical (unpaired) electrons. The number of carbonyl (C=O) groups is 3. The lowest BCUT2D eigenvalue weighted by Crippen LogP contribution is -2.51. The van der Waals surface area contributed by atoms with Crippen molar-refractivity contribution in [2.45, 2.75) is 13.3 Å². The van der Waals surface area contributed by atoms with E-state index in [1.165, 1.54) is 0 Å². The molecule has 0 aromatic heterocycles. The standard InChI is InChI=1S/C18H30N4O5/c1-2-27-18(25)22-7-5-21(6-8-22)17(24)15-13-14(15)16(23)19-3-4-20-9-11-26-12-10-20/h14-15H,2-13H2,1H3,(H,19,23). The molecule has 2 unspecified atom stereocenters. The van der Waals surface area contributed by atoms with Gasteiger partial charge in [0, 0.05) is 52.4 Å². The van der Waals surface area contributed by atoms with Gasteiger partial charge in [-0.1, -0.05) is 0 Å². The van der Waals surface area contributed by atoms with Crippen molar-refractivity contribution < 1.29 is 23.9 Å². The van der Waals surface area contributed by atoms with Gasteiger partial charge in [-0.2, -0.15) is 0 Å². The summed E-state index contributed by atoms with van der Waals surface area (Å²) in [5.41, 5.74) is 0. The molecule has 3 amide bonds. The number of ether oxygens (including phenoxy) is 2. The van der Waals surface area contributed by atoms with Crippen LogP contribution in [0.15, 0.2) is 0 Å². The largest absolute Gasteiger partial charge is 0.450 e. The van der Waals surface area contributed by atoms with Gasteiger partial charge in [0.25, 0.3) is 0 Å². The van der Waals surface area contributed by atoms with Crippen molar-refractivity contribution in [1.82, 2.24) is 20.0 Å². The first-order valence-corrected chi connectivity index (χ1v) is 9.88. The molecule has 3 fully saturated rings. The number of piperazine rings is 1. The Labute approximate surface area is 159 Å². The highest BCUT2D eigenvalue weighted by Gasteiger charge is 2.49. The van der Waals surface area contributed by atoms with Gasteiger partial charge in [0.1, 0.15) is 0 Å². The Balaban J connectivity index is 1.34. The topological polar surface area (TPSA) is 91.4 Å². The van der Waals surface area contributed by atoms with Gasteiger partial charge >= 0.3 is 6.09 Å². The number of amides is 3. The zero-order valence-electron chi connectivity index (χ0n) is 16.0. The van der Waals surface area contributed by atoms with Gasteiger partial charge in [-0.05, 0) is 13.3 Å². The fourth-order valence-corrected chi connectivity index (χ4v) is 3.61. The highest BCUT2D eigenvalue weighted by Crippen LogP contribution is 2.40. The van der Waals surface area contributed by atoms with E-state index in [-0.39, 0.29) is 29.7 Å². The average Bonchev–Trinajstić information content (AvgIpc) is 3.49. The van der Waals surface area contributed by atoms with Crippen LogP contribution in [0.5, 0.6) is 0 Å². The molecule has 2 atom stereocenters. The molecule has 1 aliphatic carbocycles. The van der Waals surface area contributed by atoms with Gasteiger partial charge < -0.3 is 24.6 Å². The number of nitrogens with zero attached hydrogens (tertiary/aromatic N) is 3. The number of hydrogen-bond donors (Lipinski definition) is 1. The summed E-state index contributed by atoms with van der Waals surface area (Å²) in [7, 11) is 0. The molecule has 1 saturated carbocycles. The van der Waals surface area contributed by atoms with E-state index < -0.39 is 0 Å². The van der Waals surface area contributed by atoms with E-state index in [9.17, 15) is 14.4 Å². The zero-order chi connectivity index (χ0) is 19.2. The average molecular weight is 382 g/mol. The normalized spacial score (nSPS) is 25.8. The molecule has 1 N–H and O–H groups in total. The number of carbonyl (C=O) groups excluding carboxylic acids is 3. The maximum absolute atomic E-state index is 12.6. The van der Waals surface area contributed by atoms with Crippen LogP contribution in [0.2, 0.25) is 0 Å². The van der Waals surface area contributed by atoms with E-state index in [0.29, 0.717) is 45.8 Å². The number of nitrogens with one attached hydrogen (secondary N) is 1. The molecule has 3 aliphatic rings. The molecular weight excluding hydrogens is 352 g/mol. The Bertz CT molecular complexity index is 544. The summed E-state index contributed by atoms with van der Waals surface area (Å²) in [4.78, 5) is 42.2. The van der Waals surface area contributed by atoms with Crippen molar-refractivity contribution in [2.75, 3.05) is 72.2 Å². The molecular formula is C18H30N4O5. The number of rotatable bonds is 6. The Kier molecular flexibility index (Phi) is 6.89. The summed E-state index contributed by atoms with van der Waals surface area (Å²) in [6, 6.07) is 0. The van der Waals surface area contributed by atoms with Gasteiger partial charge in [0.15, 0.2) is 0 Å². The molecule has 2 heterocycles. The molecule has 0 bridgehead atoms. The third-order valence-corrected chi connectivity index (χ3v) is 5.39.